The van der Waals surface area contributed by atoms with E-state index < -0.39 is 0 Å². The molecule has 2 aromatic carbocycles. The molecule has 1 atom stereocenters. The molecule has 0 amide bonds. The minimum absolute atomic E-state index is 0.00141. The van der Waals surface area contributed by atoms with Crippen molar-refractivity contribution in [3.05, 3.63) is 60.2 Å². The largest absolute Gasteiger partial charge is 0.491 e. The smallest absolute Gasteiger partial charge is 0.142 e. The van der Waals surface area contributed by atoms with Gasteiger partial charge in [0.1, 0.15) is 5.75 Å². The van der Waals surface area contributed by atoms with Gasteiger partial charge in [0.05, 0.1) is 17.8 Å². The third kappa shape index (κ3) is 3.24. The van der Waals surface area contributed by atoms with Gasteiger partial charge in [-0.05, 0) is 30.5 Å². The van der Waals surface area contributed by atoms with Crippen LogP contribution in [-0.4, -0.2) is 43.2 Å². The topological polar surface area (TPSA) is 41.7 Å². The van der Waals surface area contributed by atoms with Gasteiger partial charge in [0.2, 0.25) is 0 Å². The second-order valence-electron chi connectivity index (χ2n) is 7.20. The molecule has 0 aromatic heterocycles. The minimum Gasteiger partial charge on any atom is -0.491 e. The van der Waals surface area contributed by atoms with E-state index in [1.165, 1.54) is 11.3 Å². The number of rotatable bonds is 4. The molecule has 0 aliphatic carbocycles. The summed E-state index contributed by atoms with van der Waals surface area (Å²) in [6, 6.07) is 19.1. The van der Waals surface area contributed by atoms with Crippen LogP contribution in [0.5, 0.6) is 5.75 Å². The number of fused-ring (bicyclic) bond motifs is 1. The number of likely N-dealkylation sites (tertiary alicyclic amines) is 1. The van der Waals surface area contributed by atoms with E-state index in [0.717, 1.165) is 51.4 Å². The predicted octanol–water partition coefficient (Wildman–Crippen LogP) is 2.88. The maximum absolute atomic E-state index is 6.35. The first kappa shape index (κ1) is 16.4. The Morgan fingerprint density at radius 3 is 2.64 bits per heavy atom. The van der Waals surface area contributed by atoms with Crippen molar-refractivity contribution in [2.24, 2.45) is 5.73 Å². The van der Waals surface area contributed by atoms with Gasteiger partial charge in [-0.2, -0.15) is 0 Å². The van der Waals surface area contributed by atoms with Crippen LogP contribution < -0.4 is 15.4 Å². The quantitative estimate of drug-likeness (QED) is 0.931. The predicted molar refractivity (Wildman–Crippen MR) is 102 cm³/mol. The summed E-state index contributed by atoms with van der Waals surface area (Å²) in [5.74, 6) is 0.995. The highest BCUT2D eigenvalue weighted by Gasteiger charge is 2.43. The zero-order valence-corrected chi connectivity index (χ0v) is 14.7. The summed E-state index contributed by atoms with van der Waals surface area (Å²) in [4.78, 5) is 5.07. The minimum atomic E-state index is -0.00141. The Bertz CT molecular complexity index is 705. The van der Waals surface area contributed by atoms with Gasteiger partial charge in [0.15, 0.2) is 0 Å². The van der Waals surface area contributed by atoms with Crippen LogP contribution in [-0.2, 0) is 6.54 Å². The van der Waals surface area contributed by atoms with Crippen molar-refractivity contribution in [1.29, 1.82) is 0 Å². The summed E-state index contributed by atoms with van der Waals surface area (Å²) in [6.07, 6.45) is 2.14. The monoisotopic (exact) mass is 337 g/mol. The average Bonchev–Trinajstić information content (AvgIpc) is 2.94. The Morgan fingerprint density at radius 2 is 1.80 bits per heavy atom. The molecule has 25 heavy (non-hydrogen) atoms. The standard InChI is InChI=1S/C21H27N3O/c22-16-21(11-13-23(17-21)15-18-7-2-1-3-8-18)24-12-6-14-25-20-10-5-4-9-19(20)24/h1-5,7-10H,6,11-17,22H2. The molecule has 1 saturated heterocycles. The lowest BCUT2D eigenvalue weighted by Crippen LogP contribution is -2.56. The van der Waals surface area contributed by atoms with Crippen molar-refractivity contribution in [1.82, 2.24) is 4.90 Å². The van der Waals surface area contributed by atoms with E-state index in [2.05, 4.69) is 58.3 Å². The summed E-state index contributed by atoms with van der Waals surface area (Å²) in [7, 11) is 0. The molecule has 0 radical (unpaired) electrons. The second kappa shape index (κ2) is 7.06. The molecule has 132 valence electrons. The van der Waals surface area contributed by atoms with E-state index in [0.29, 0.717) is 6.54 Å². The highest BCUT2D eigenvalue weighted by molar-refractivity contribution is 5.61. The molecule has 2 aliphatic rings. The van der Waals surface area contributed by atoms with Crippen LogP contribution in [0.4, 0.5) is 5.69 Å². The lowest BCUT2D eigenvalue weighted by atomic mass is 9.94. The van der Waals surface area contributed by atoms with E-state index in [4.69, 9.17) is 10.5 Å². The molecule has 2 aromatic rings. The van der Waals surface area contributed by atoms with Crippen LogP contribution >= 0.6 is 0 Å². The Labute approximate surface area is 150 Å². The van der Waals surface area contributed by atoms with Crippen LogP contribution in [0.25, 0.3) is 0 Å². The SMILES string of the molecule is NCC1(N2CCCOc3ccccc32)CCN(Cc2ccccc2)C1. The van der Waals surface area contributed by atoms with Gasteiger partial charge in [-0.3, -0.25) is 4.90 Å². The summed E-state index contributed by atoms with van der Waals surface area (Å²) in [5, 5.41) is 0. The van der Waals surface area contributed by atoms with Gasteiger partial charge in [-0.1, -0.05) is 42.5 Å². The Kier molecular flexibility index (Phi) is 4.64. The number of ether oxygens (including phenoxy) is 1. The molecule has 4 nitrogen and oxygen atoms in total. The molecule has 1 unspecified atom stereocenters. The molecular weight excluding hydrogens is 310 g/mol. The van der Waals surface area contributed by atoms with E-state index in [1.54, 1.807) is 0 Å². The van der Waals surface area contributed by atoms with Crippen molar-refractivity contribution in [2.75, 3.05) is 37.7 Å². The number of nitrogens with two attached hydrogens (primary N) is 1. The zero-order valence-electron chi connectivity index (χ0n) is 14.7. The number of benzene rings is 2. The van der Waals surface area contributed by atoms with Gasteiger partial charge in [-0.25, -0.2) is 0 Å². The third-order valence-corrected chi connectivity index (χ3v) is 5.55. The molecule has 2 heterocycles. The van der Waals surface area contributed by atoms with Crippen molar-refractivity contribution in [3.8, 4) is 5.75 Å². The number of nitrogens with zero attached hydrogens (tertiary/aromatic N) is 2. The van der Waals surface area contributed by atoms with Gasteiger partial charge in [0, 0.05) is 32.7 Å². The number of hydrogen-bond donors (Lipinski definition) is 1. The van der Waals surface area contributed by atoms with E-state index in [9.17, 15) is 0 Å². The fraction of sp³-hybridized carbons (Fsp3) is 0.429. The van der Waals surface area contributed by atoms with Crippen LogP contribution in [0.15, 0.2) is 54.6 Å². The molecule has 1 fully saturated rings. The Hall–Kier alpha value is -2.04. The molecule has 0 spiro atoms. The van der Waals surface area contributed by atoms with Gasteiger partial charge >= 0.3 is 0 Å². The molecule has 0 bridgehead atoms. The summed E-state index contributed by atoms with van der Waals surface area (Å²) in [5.41, 5.74) is 8.92. The summed E-state index contributed by atoms with van der Waals surface area (Å²) >= 11 is 0. The van der Waals surface area contributed by atoms with Crippen molar-refractivity contribution in [2.45, 2.75) is 24.9 Å². The van der Waals surface area contributed by atoms with Crippen LogP contribution in [0.2, 0.25) is 0 Å². The lowest BCUT2D eigenvalue weighted by Gasteiger charge is -2.42. The van der Waals surface area contributed by atoms with Crippen molar-refractivity contribution in [3.63, 3.8) is 0 Å². The fourth-order valence-electron chi connectivity index (χ4n) is 4.23. The number of para-hydroxylation sites is 2. The third-order valence-electron chi connectivity index (χ3n) is 5.55. The highest BCUT2D eigenvalue weighted by Crippen LogP contribution is 2.39. The molecular formula is C21H27N3O. The van der Waals surface area contributed by atoms with Gasteiger partial charge in [-0.15, -0.1) is 0 Å². The molecule has 4 heteroatoms. The van der Waals surface area contributed by atoms with Crippen molar-refractivity contribution >= 4 is 5.69 Å². The molecule has 2 N–H and O–H groups in total. The van der Waals surface area contributed by atoms with Crippen LogP contribution in [0.3, 0.4) is 0 Å². The molecule has 0 saturated carbocycles. The lowest BCUT2D eigenvalue weighted by molar-refractivity contribution is 0.296. The summed E-state index contributed by atoms with van der Waals surface area (Å²) in [6.45, 7) is 5.55. The maximum atomic E-state index is 6.35. The van der Waals surface area contributed by atoms with Crippen LogP contribution in [0, 0.1) is 0 Å². The van der Waals surface area contributed by atoms with Crippen molar-refractivity contribution < 1.29 is 4.74 Å². The fourth-order valence-corrected chi connectivity index (χ4v) is 4.23. The van der Waals surface area contributed by atoms with E-state index >= 15 is 0 Å². The molecule has 4 rings (SSSR count). The van der Waals surface area contributed by atoms with Gasteiger partial charge < -0.3 is 15.4 Å². The highest BCUT2D eigenvalue weighted by atomic mass is 16.5. The van der Waals surface area contributed by atoms with Gasteiger partial charge in [0.25, 0.3) is 0 Å². The van der Waals surface area contributed by atoms with E-state index in [1.807, 2.05) is 6.07 Å². The summed E-state index contributed by atoms with van der Waals surface area (Å²) < 4.78 is 5.95. The first-order valence-corrected chi connectivity index (χ1v) is 9.27. The zero-order chi connectivity index (χ0) is 17.1. The van der Waals surface area contributed by atoms with Crippen LogP contribution in [0.1, 0.15) is 18.4 Å². The van der Waals surface area contributed by atoms with E-state index in [-0.39, 0.29) is 5.54 Å². The Morgan fingerprint density at radius 1 is 1.00 bits per heavy atom. The number of anilines is 1. The first-order valence-electron chi connectivity index (χ1n) is 9.27. The maximum Gasteiger partial charge on any atom is 0.142 e. The Balaban J connectivity index is 1.57. The normalized spacial score (nSPS) is 23.8. The average molecular weight is 337 g/mol. The second-order valence-corrected chi connectivity index (χ2v) is 7.20. The molecule has 2 aliphatic heterocycles. The number of hydrogen-bond acceptors (Lipinski definition) is 4. The first-order chi connectivity index (χ1) is 12.3.